The van der Waals surface area contributed by atoms with Crippen LogP contribution in [0.1, 0.15) is 18.4 Å². The first-order valence-corrected chi connectivity index (χ1v) is 5.38. The van der Waals surface area contributed by atoms with Crippen LogP contribution in [0.4, 0.5) is 5.95 Å². The van der Waals surface area contributed by atoms with E-state index in [1.54, 1.807) is 0 Å². The fourth-order valence-corrected chi connectivity index (χ4v) is 1.62. The lowest BCUT2D eigenvalue weighted by Gasteiger charge is -1.96. The Morgan fingerprint density at radius 3 is 3.20 bits per heavy atom. The van der Waals surface area contributed by atoms with Crippen molar-refractivity contribution in [3.05, 3.63) is 23.9 Å². The van der Waals surface area contributed by atoms with Gasteiger partial charge in [0.2, 0.25) is 5.95 Å². The minimum absolute atomic E-state index is 0.743. The second kappa shape index (κ2) is 3.22. The van der Waals surface area contributed by atoms with Gasteiger partial charge in [0.15, 0.2) is 5.65 Å². The molecule has 1 fully saturated rings. The standard InChI is InChI=1S/C11H14N4/c1-8-4-5-15-10(6-8)13-11(14-15)12-7-9-2-3-9/h4-6,9H,2-3,7H2,1H3,(H,12,14). The first-order valence-electron chi connectivity index (χ1n) is 5.38. The lowest BCUT2D eigenvalue weighted by molar-refractivity contribution is 0.867. The summed E-state index contributed by atoms with van der Waals surface area (Å²) in [6.45, 7) is 3.07. The number of anilines is 1. The summed E-state index contributed by atoms with van der Waals surface area (Å²) in [5, 5.41) is 7.62. The highest BCUT2D eigenvalue weighted by Gasteiger charge is 2.21. The Morgan fingerprint density at radius 1 is 1.53 bits per heavy atom. The zero-order chi connectivity index (χ0) is 10.3. The van der Waals surface area contributed by atoms with Gasteiger partial charge in [-0.2, -0.15) is 4.98 Å². The second-order valence-corrected chi connectivity index (χ2v) is 4.27. The van der Waals surface area contributed by atoms with Crippen molar-refractivity contribution in [2.24, 2.45) is 5.92 Å². The largest absolute Gasteiger partial charge is 0.353 e. The van der Waals surface area contributed by atoms with E-state index in [1.165, 1.54) is 18.4 Å². The average Bonchev–Trinajstić information content (AvgIpc) is 2.95. The van der Waals surface area contributed by atoms with Gasteiger partial charge in [0.25, 0.3) is 0 Å². The molecule has 1 aliphatic rings. The molecule has 0 amide bonds. The molecule has 0 unspecified atom stereocenters. The fourth-order valence-electron chi connectivity index (χ4n) is 1.62. The maximum Gasteiger partial charge on any atom is 0.243 e. The van der Waals surface area contributed by atoms with E-state index in [2.05, 4.69) is 22.3 Å². The van der Waals surface area contributed by atoms with Gasteiger partial charge in [0, 0.05) is 12.7 Å². The van der Waals surface area contributed by atoms with Gasteiger partial charge in [-0.05, 0) is 43.4 Å². The first kappa shape index (κ1) is 8.71. The van der Waals surface area contributed by atoms with Crippen LogP contribution in [0.5, 0.6) is 0 Å². The molecule has 2 heterocycles. The Hall–Kier alpha value is -1.58. The van der Waals surface area contributed by atoms with Crippen molar-refractivity contribution >= 4 is 11.6 Å². The zero-order valence-electron chi connectivity index (χ0n) is 8.77. The Labute approximate surface area is 88.3 Å². The molecule has 0 saturated heterocycles. The lowest BCUT2D eigenvalue weighted by Crippen LogP contribution is -2.04. The molecule has 0 aromatic carbocycles. The summed E-state index contributed by atoms with van der Waals surface area (Å²) < 4.78 is 1.81. The Morgan fingerprint density at radius 2 is 2.40 bits per heavy atom. The van der Waals surface area contributed by atoms with Gasteiger partial charge < -0.3 is 5.32 Å². The summed E-state index contributed by atoms with van der Waals surface area (Å²) in [5.41, 5.74) is 2.12. The topological polar surface area (TPSA) is 42.2 Å². The van der Waals surface area contributed by atoms with E-state index in [0.29, 0.717) is 0 Å². The number of aromatic nitrogens is 3. The molecule has 78 valence electrons. The van der Waals surface area contributed by atoms with E-state index >= 15 is 0 Å². The summed E-state index contributed by atoms with van der Waals surface area (Å²) in [4.78, 5) is 4.41. The molecule has 0 spiro atoms. The molecular weight excluding hydrogens is 188 g/mol. The molecular formula is C11H14N4. The molecule has 2 aromatic rings. The number of nitrogens with one attached hydrogen (secondary N) is 1. The third-order valence-electron chi connectivity index (χ3n) is 2.74. The van der Waals surface area contributed by atoms with Crippen LogP contribution in [0.15, 0.2) is 18.3 Å². The van der Waals surface area contributed by atoms with Crippen LogP contribution in [0.2, 0.25) is 0 Å². The Kier molecular flexibility index (Phi) is 1.87. The van der Waals surface area contributed by atoms with Gasteiger partial charge >= 0.3 is 0 Å². The van der Waals surface area contributed by atoms with E-state index in [0.717, 1.165) is 24.1 Å². The summed E-state index contributed by atoms with van der Waals surface area (Å²) in [5.74, 6) is 1.59. The van der Waals surface area contributed by atoms with Gasteiger partial charge in [-0.3, -0.25) is 0 Å². The normalized spacial score (nSPS) is 15.8. The maximum absolute atomic E-state index is 4.41. The van der Waals surface area contributed by atoms with Gasteiger partial charge in [-0.15, -0.1) is 5.10 Å². The third-order valence-corrected chi connectivity index (χ3v) is 2.74. The SMILES string of the molecule is Cc1ccn2nc(NCC3CC3)nc2c1. The van der Waals surface area contributed by atoms with Crippen molar-refractivity contribution in [1.82, 2.24) is 14.6 Å². The van der Waals surface area contributed by atoms with Gasteiger partial charge in [-0.25, -0.2) is 4.52 Å². The van der Waals surface area contributed by atoms with Crippen LogP contribution in [0.25, 0.3) is 5.65 Å². The predicted octanol–water partition coefficient (Wildman–Crippen LogP) is 1.86. The smallest absolute Gasteiger partial charge is 0.243 e. The minimum atomic E-state index is 0.743. The number of hydrogen-bond donors (Lipinski definition) is 1. The van der Waals surface area contributed by atoms with Crippen LogP contribution in [0.3, 0.4) is 0 Å². The predicted molar refractivity (Wildman–Crippen MR) is 58.9 cm³/mol. The van der Waals surface area contributed by atoms with Crippen LogP contribution < -0.4 is 5.32 Å². The van der Waals surface area contributed by atoms with Gasteiger partial charge in [-0.1, -0.05) is 0 Å². The summed E-state index contributed by atoms with van der Waals surface area (Å²) in [6, 6.07) is 4.07. The summed E-state index contributed by atoms with van der Waals surface area (Å²) in [7, 11) is 0. The number of hydrogen-bond acceptors (Lipinski definition) is 3. The monoisotopic (exact) mass is 202 g/mol. The summed E-state index contributed by atoms with van der Waals surface area (Å²) >= 11 is 0. The van der Waals surface area contributed by atoms with Crippen LogP contribution in [-0.2, 0) is 0 Å². The molecule has 2 aromatic heterocycles. The van der Waals surface area contributed by atoms with Crippen LogP contribution >= 0.6 is 0 Å². The number of rotatable bonds is 3. The molecule has 0 aliphatic heterocycles. The zero-order valence-corrected chi connectivity index (χ0v) is 8.77. The number of nitrogens with zero attached hydrogens (tertiary/aromatic N) is 3. The first-order chi connectivity index (χ1) is 7.31. The van der Waals surface area contributed by atoms with Crippen molar-refractivity contribution < 1.29 is 0 Å². The highest BCUT2D eigenvalue weighted by atomic mass is 15.3. The minimum Gasteiger partial charge on any atom is -0.353 e. The molecule has 0 bridgehead atoms. The highest BCUT2D eigenvalue weighted by Crippen LogP contribution is 2.28. The van der Waals surface area contributed by atoms with Gasteiger partial charge in [0.1, 0.15) is 0 Å². The van der Waals surface area contributed by atoms with E-state index in [4.69, 9.17) is 0 Å². The van der Waals surface area contributed by atoms with E-state index in [1.807, 2.05) is 22.8 Å². The maximum atomic E-state index is 4.41. The third kappa shape index (κ3) is 1.79. The fraction of sp³-hybridized carbons (Fsp3) is 0.455. The van der Waals surface area contributed by atoms with Crippen LogP contribution in [-0.4, -0.2) is 21.1 Å². The molecule has 15 heavy (non-hydrogen) atoms. The van der Waals surface area contributed by atoms with Crippen molar-refractivity contribution in [2.45, 2.75) is 19.8 Å². The lowest BCUT2D eigenvalue weighted by atomic mass is 10.3. The summed E-state index contributed by atoms with van der Waals surface area (Å²) in [6.07, 6.45) is 4.64. The van der Waals surface area contributed by atoms with E-state index in [9.17, 15) is 0 Å². The Bertz CT molecular complexity index is 484. The molecule has 0 radical (unpaired) electrons. The van der Waals surface area contributed by atoms with Crippen molar-refractivity contribution in [2.75, 3.05) is 11.9 Å². The Balaban J connectivity index is 1.84. The second-order valence-electron chi connectivity index (χ2n) is 4.27. The quantitative estimate of drug-likeness (QED) is 0.826. The molecule has 1 aliphatic carbocycles. The van der Waals surface area contributed by atoms with Crippen molar-refractivity contribution in [3.63, 3.8) is 0 Å². The molecule has 0 atom stereocenters. The number of fused-ring (bicyclic) bond motifs is 1. The van der Waals surface area contributed by atoms with E-state index < -0.39 is 0 Å². The number of pyridine rings is 1. The van der Waals surface area contributed by atoms with Crippen molar-refractivity contribution in [3.8, 4) is 0 Å². The average molecular weight is 202 g/mol. The molecule has 4 nitrogen and oxygen atoms in total. The molecule has 4 heteroatoms. The van der Waals surface area contributed by atoms with Crippen LogP contribution in [0, 0.1) is 12.8 Å². The number of aryl methyl sites for hydroxylation is 1. The molecule has 1 saturated carbocycles. The highest BCUT2D eigenvalue weighted by molar-refractivity contribution is 5.45. The molecule has 1 N–H and O–H groups in total. The van der Waals surface area contributed by atoms with Gasteiger partial charge in [0.05, 0.1) is 0 Å². The van der Waals surface area contributed by atoms with Crippen molar-refractivity contribution in [1.29, 1.82) is 0 Å². The van der Waals surface area contributed by atoms with E-state index in [-0.39, 0.29) is 0 Å². The molecule has 3 rings (SSSR count).